The summed E-state index contributed by atoms with van der Waals surface area (Å²) in [4.78, 5) is 2.62. The molecule has 104 valence electrons. The Kier molecular flexibility index (Phi) is 3.76. The van der Waals surface area contributed by atoms with Gasteiger partial charge in [0.15, 0.2) is 0 Å². The van der Waals surface area contributed by atoms with E-state index >= 15 is 0 Å². The first-order valence-electron chi connectivity index (χ1n) is 7.53. The molecule has 2 heterocycles. The largest absolute Gasteiger partial charge is 0.392 e. The molecule has 2 aliphatic rings. The SMILES string of the molecule is CCNC1CC2CCC(C1)N2c1ccc(CO)cc1. The Hall–Kier alpha value is -1.06. The first kappa shape index (κ1) is 12.9. The van der Waals surface area contributed by atoms with Gasteiger partial charge in [-0.3, -0.25) is 0 Å². The van der Waals surface area contributed by atoms with Crippen molar-refractivity contribution in [3.63, 3.8) is 0 Å². The van der Waals surface area contributed by atoms with E-state index in [1.165, 1.54) is 31.4 Å². The zero-order valence-electron chi connectivity index (χ0n) is 11.7. The van der Waals surface area contributed by atoms with E-state index in [2.05, 4.69) is 29.3 Å². The first-order chi connectivity index (χ1) is 9.31. The molecule has 2 bridgehead atoms. The Balaban J connectivity index is 1.75. The van der Waals surface area contributed by atoms with Crippen LogP contribution in [0.2, 0.25) is 0 Å². The summed E-state index contributed by atoms with van der Waals surface area (Å²) in [6.45, 7) is 3.41. The lowest BCUT2D eigenvalue weighted by molar-refractivity contribution is 0.282. The van der Waals surface area contributed by atoms with E-state index in [0.717, 1.165) is 12.1 Å². The molecule has 2 N–H and O–H groups in total. The summed E-state index contributed by atoms with van der Waals surface area (Å²) in [7, 11) is 0. The molecule has 3 rings (SSSR count). The van der Waals surface area contributed by atoms with Gasteiger partial charge >= 0.3 is 0 Å². The summed E-state index contributed by atoms with van der Waals surface area (Å²) in [5.41, 5.74) is 2.33. The third-order valence-corrected chi connectivity index (χ3v) is 4.64. The fraction of sp³-hybridized carbons (Fsp3) is 0.625. The van der Waals surface area contributed by atoms with E-state index in [9.17, 15) is 0 Å². The molecule has 0 aromatic heterocycles. The van der Waals surface area contributed by atoms with Crippen molar-refractivity contribution >= 4 is 5.69 Å². The van der Waals surface area contributed by atoms with Crippen molar-refractivity contribution in [3.8, 4) is 0 Å². The molecule has 2 aliphatic heterocycles. The molecule has 0 aliphatic carbocycles. The Morgan fingerprint density at radius 2 is 1.79 bits per heavy atom. The molecule has 0 spiro atoms. The van der Waals surface area contributed by atoms with Crippen LogP contribution in [0, 0.1) is 0 Å². The van der Waals surface area contributed by atoms with Gasteiger partial charge in [0, 0.05) is 23.8 Å². The third-order valence-electron chi connectivity index (χ3n) is 4.64. The van der Waals surface area contributed by atoms with Crippen molar-refractivity contribution in [2.45, 2.75) is 57.3 Å². The standard InChI is InChI=1S/C16H24N2O/c1-2-17-13-9-15-7-8-16(10-13)18(15)14-5-3-12(11-19)4-6-14/h3-6,13,15-17,19H,2,7-11H2,1H3. The summed E-state index contributed by atoms with van der Waals surface area (Å²) in [6.07, 6.45) is 5.20. The Morgan fingerprint density at radius 1 is 1.16 bits per heavy atom. The maximum atomic E-state index is 9.13. The minimum atomic E-state index is 0.135. The lowest BCUT2D eigenvalue weighted by Crippen LogP contribution is -2.49. The number of hydrogen-bond donors (Lipinski definition) is 2. The molecule has 2 saturated heterocycles. The minimum absolute atomic E-state index is 0.135. The number of nitrogens with one attached hydrogen (secondary N) is 1. The van der Waals surface area contributed by atoms with Gasteiger partial charge in [-0.15, -0.1) is 0 Å². The monoisotopic (exact) mass is 260 g/mol. The quantitative estimate of drug-likeness (QED) is 0.872. The molecule has 0 saturated carbocycles. The van der Waals surface area contributed by atoms with Gasteiger partial charge in [0.1, 0.15) is 0 Å². The molecular formula is C16H24N2O. The van der Waals surface area contributed by atoms with Crippen LogP contribution in [0.3, 0.4) is 0 Å². The van der Waals surface area contributed by atoms with Crippen LogP contribution in [-0.2, 0) is 6.61 Å². The second kappa shape index (κ2) is 5.51. The topological polar surface area (TPSA) is 35.5 Å². The fourth-order valence-electron chi connectivity index (χ4n) is 3.83. The van der Waals surface area contributed by atoms with Gasteiger partial charge in [-0.05, 0) is 49.9 Å². The first-order valence-corrected chi connectivity index (χ1v) is 7.53. The smallest absolute Gasteiger partial charge is 0.0681 e. The van der Waals surface area contributed by atoms with Crippen LogP contribution in [0.25, 0.3) is 0 Å². The van der Waals surface area contributed by atoms with Gasteiger partial charge in [0.05, 0.1) is 6.61 Å². The molecule has 2 fully saturated rings. The summed E-state index contributed by atoms with van der Waals surface area (Å²) < 4.78 is 0. The summed E-state index contributed by atoms with van der Waals surface area (Å²) >= 11 is 0. The molecule has 19 heavy (non-hydrogen) atoms. The lowest BCUT2D eigenvalue weighted by atomic mass is 9.96. The molecule has 0 amide bonds. The minimum Gasteiger partial charge on any atom is -0.392 e. The van der Waals surface area contributed by atoms with Crippen molar-refractivity contribution in [2.75, 3.05) is 11.4 Å². The average Bonchev–Trinajstić information content (AvgIpc) is 2.71. The van der Waals surface area contributed by atoms with Gasteiger partial charge in [0.2, 0.25) is 0 Å². The van der Waals surface area contributed by atoms with Crippen LogP contribution in [0.5, 0.6) is 0 Å². The Bertz CT molecular complexity index is 403. The second-order valence-electron chi connectivity index (χ2n) is 5.84. The van der Waals surface area contributed by atoms with Crippen LogP contribution in [0.1, 0.15) is 38.2 Å². The Labute approximate surface area is 115 Å². The van der Waals surface area contributed by atoms with Crippen molar-refractivity contribution in [1.82, 2.24) is 5.32 Å². The van der Waals surface area contributed by atoms with Gasteiger partial charge < -0.3 is 15.3 Å². The third kappa shape index (κ3) is 2.49. The molecular weight excluding hydrogens is 236 g/mol. The highest BCUT2D eigenvalue weighted by atomic mass is 16.3. The van der Waals surface area contributed by atoms with Crippen LogP contribution in [0.15, 0.2) is 24.3 Å². The molecule has 3 nitrogen and oxygen atoms in total. The predicted octanol–water partition coefficient (Wildman–Crippen LogP) is 2.29. The normalized spacial score (nSPS) is 29.8. The average molecular weight is 260 g/mol. The summed E-state index contributed by atoms with van der Waals surface area (Å²) in [6, 6.07) is 10.5. The van der Waals surface area contributed by atoms with E-state index in [0.29, 0.717) is 18.1 Å². The molecule has 2 unspecified atom stereocenters. The molecule has 3 heteroatoms. The zero-order chi connectivity index (χ0) is 13.2. The fourth-order valence-corrected chi connectivity index (χ4v) is 3.83. The number of fused-ring (bicyclic) bond motifs is 2. The van der Waals surface area contributed by atoms with Crippen LogP contribution < -0.4 is 10.2 Å². The number of rotatable bonds is 4. The summed E-state index contributed by atoms with van der Waals surface area (Å²) in [5, 5.41) is 12.7. The number of anilines is 1. The number of piperidine rings is 1. The molecule has 0 radical (unpaired) electrons. The predicted molar refractivity (Wildman–Crippen MR) is 78.4 cm³/mol. The number of aliphatic hydroxyl groups excluding tert-OH is 1. The van der Waals surface area contributed by atoms with Crippen molar-refractivity contribution < 1.29 is 5.11 Å². The van der Waals surface area contributed by atoms with E-state index in [4.69, 9.17) is 5.11 Å². The van der Waals surface area contributed by atoms with Gasteiger partial charge in [0.25, 0.3) is 0 Å². The number of nitrogens with zero attached hydrogens (tertiary/aromatic N) is 1. The molecule has 1 aromatic rings. The van der Waals surface area contributed by atoms with Crippen molar-refractivity contribution in [1.29, 1.82) is 0 Å². The lowest BCUT2D eigenvalue weighted by Gasteiger charge is -2.41. The van der Waals surface area contributed by atoms with Crippen molar-refractivity contribution in [3.05, 3.63) is 29.8 Å². The molecule has 1 aromatic carbocycles. The number of hydrogen-bond acceptors (Lipinski definition) is 3. The maximum Gasteiger partial charge on any atom is 0.0681 e. The number of aliphatic hydroxyl groups is 1. The second-order valence-corrected chi connectivity index (χ2v) is 5.84. The van der Waals surface area contributed by atoms with Crippen LogP contribution in [-0.4, -0.2) is 29.8 Å². The van der Waals surface area contributed by atoms with E-state index in [1.54, 1.807) is 0 Å². The highest BCUT2D eigenvalue weighted by molar-refractivity contribution is 5.51. The highest BCUT2D eigenvalue weighted by Crippen LogP contribution is 2.39. The van der Waals surface area contributed by atoms with E-state index < -0.39 is 0 Å². The van der Waals surface area contributed by atoms with Gasteiger partial charge in [-0.2, -0.15) is 0 Å². The maximum absolute atomic E-state index is 9.13. The number of benzene rings is 1. The zero-order valence-corrected chi connectivity index (χ0v) is 11.7. The van der Waals surface area contributed by atoms with E-state index in [-0.39, 0.29) is 6.61 Å². The van der Waals surface area contributed by atoms with Crippen LogP contribution in [0.4, 0.5) is 5.69 Å². The van der Waals surface area contributed by atoms with E-state index in [1.807, 2.05) is 12.1 Å². The summed E-state index contributed by atoms with van der Waals surface area (Å²) in [5.74, 6) is 0. The van der Waals surface area contributed by atoms with Crippen molar-refractivity contribution in [2.24, 2.45) is 0 Å². The van der Waals surface area contributed by atoms with Gasteiger partial charge in [-0.1, -0.05) is 19.1 Å². The van der Waals surface area contributed by atoms with Crippen LogP contribution >= 0.6 is 0 Å². The Morgan fingerprint density at radius 3 is 2.32 bits per heavy atom. The highest BCUT2D eigenvalue weighted by Gasteiger charge is 2.40. The molecule has 2 atom stereocenters. The van der Waals surface area contributed by atoms with Gasteiger partial charge in [-0.25, -0.2) is 0 Å².